The second-order valence-corrected chi connectivity index (χ2v) is 8.61. The third kappa shape index (κ3) is 10.1. The Morgan fingerprint density at radius 2 is 2.00 bits per heavy atom. The number of amides is 3. The Morgan fingerprint density at radius 1 is 1.28 bits per heavy atom. The van der Waals surface area contributed by atoms with Gasteiger partial charge in [0.25, 0.3) is 0 Å². The molecule has 2 aliphatic heterocycles. The molecular weight excluding hydrogens is 458 g/mol. The lowest BCUT2D eigenvalue weighted by atomic mass is 10.2. The van der Waals surface area contributed by atoms with Gasteiger partial charge in [-0.2, -0.15) is 5.26 Å². The molecule has 3 rings (SSSR count). The van der Waals surface area contributed by atoms with Crippen LogP contribution in [0.1, 0.15) is 44.6 Å². The first-order valence-corrected chi connectivity index (χ1v) is 11.9. The summed E-state index contributed by atoms with van der Waals surface area (Å²) in [7, 11) is 1.78. The molecule has 36 heavy (non-hydrogen) atoms. The third-order valence-corrected chi connectivity index (χ3v) is 5.99. The van der Waals surface area contributed by atoms with Crippen molar-refractivity contribution >= 4 is 29.4 Å². The topological polar surface area (TPSA) is 135 Å². The maximum absolute atomic E-state index is 12.3. The molecule has 194 valence electrons. The quantitative estimate of drug-likeness (QED) is 0.215. The number of guanidine groups is 1. The molecule has 0 radical (unpaired) electrons. The van der Waals surface area contributed by atoms with Crippen molar-refractivity contribution in [3.05, 3.63) is 29.8 Å². The fraction of sp³-hybridized carbons (Fsp3) is 0.500. The van der Waals surface area contributed by atoms with E-state index in [1.165, 1.54) is 0 Å². The van der Waals surface area contributed by atoms with Gasteiger partial charge >= 0.3 is 0 Å². The van der Waals surface area contributed by atoms with Gasteiger partial charge in [-0.05, 0) is 43.9 Å². The van der Waals surface area contributed by atoms with Crippen LogP contribution in [0.15, 0.2) is 29.3 Å². The van der Waals surface area contributed by atoms with Gasteiger partial charge in [-0.25, -0.2) is 4.99 Å². The Bertz CT molecular complexity index is 983. The number of aryl methyl sites for hydroxylation is 1. The van der Waals surface area contributed by atoms with Crippen molar-refractivity contribution in [2.75, 3.05) is 33.2 Å². The lowest BCUT2D eigenvalue weighted by molar-refractivity contribution is -0.139. The highest BCUT2D eigenvalue weighted by Crippen LogP contribution is 2.17. The molecule has 0 aliphatic carbocycles. The number of nitrogens with two attached hydrogens (primary N) is 1. The smallest absolute Gasteiger partial charge is 0.242 e. The van der Waals surface area contributed by atoms with Crippen molar-refractivity contribution in [2.45, 2.75) is 52.0 Å². The molecule has 1 atom stereocenters. The second-order valence-electron chi connectivity index (χ2n) is 8.61. The minimum Gasteiger partial charge on any atom is -0.369 e. The Balaban J connectivity index is 0.000000371. The van der Waals surface area contributed by atoms with Crippen molar-refractivity contribution in [3.8, 4) is 19.0 Å². The molecule has 0 bridgehead atoms. The van der Waals surface area contributed by atoms with Crippen LogP contribution in [0.4, 0.5) is 5.69 Å². The first-order chi connectivity index (χ1) is 17.2. The van der Waals surface area contributed by atoms with Crippen LogP contribution in [-0.2, 0) is 14.4 Å². The normalized spacial score (nSPS) is 17.4. The van der Waals surface area contributed by atoms with E-state index in [4.69, 9.17) is 11.0 Å². The van der Waals surface area contributed by atoms with Crippen LogP contribution >= 0.6 is 0 Å². The minimum absolute atomic E-state index is 0.00435. The zero-order valence-corrected chi connectivity index (χ0v) is 21.4. The van der Waals surface area contributed by atoms with Crippen LogP contribution in [0.25, 0.3) is 0 Å². The number of hydrogen-bond acceptors (Lipinski definition) is 5. The van der Waals surface area contributed by atoms with Gasteiger partial charge in [-0.1, -0.05) is 18.6 Å². The summed E-state index contributed by atoms with van der Waals surface area (Å²) < 4.78 is 0. The van der Waals surface area contributed by atoms with Gasteiger partial charge in [-0.15, -0.1) is 12.8 Å². The molecule has 0 saturated carbocycles. The first-order valence-electron chi connectivity index (χ1n) is 11.9. The molecule has 0 spiro atoms. The van der Waals surface area contributed by atoms with Crippen molar-refractivity contribution in [2.24, 2.45) is 10.7 Å². The van der Waals surface area contributed by atoms with Crippen molar-refractivity contribution in [1.82, 2.24) is 20.0 Å². The van der Waals surface area contributed by atoms with Gasteiger partial charge in [0.05, 0.1) is 18.3 Å². The summed E-state index contributed by atoms with van der Waals surface area (Å²) >= 11 is 0. The van der Waals surface area contributed by atoms with Gasteiger partial charge < -0.3 is 20.4 Å². The number of likely N-dealkylation sites (N-methyl/N-ethyl adjacent to an activating group) is 1. The van der Waals surface area contributed by atoms with E-state index >= 15 is 0 Å². The van der Waals surface area contributed by atoms with E-state index in [0.29, 0.717) is 26.1 Å². The van der Waals surface area contributed by atoms with Gasteiger partial charge in [0.2, 0.25) is 23.7 Å². The van der Waals surface area contributed by atoms with Gasteiger partial charge in [0, 0.05) is 40.0 Å². The number of aliphatic imine (C=N–C) groups is 1. The maximum Gasteiger partial charge on any atom is 0.242 e. The summed E-state index contributed by atoms with van der Waals surface area (Å²) in [6.45, 7) is 5.64. The average Bonchev–Trinajstić information content (AvgIpc) is 3.26. The highest BCUT2D eigenvalue weighted by atomic mass is 16.2. The summed E-state index contributed by atoms with van der Waals surface area (Å²) in [6.07, 6.45) is 14.0. The van der Waals surface area contributed by atoms with E-state index in [2.05, 4.69) is 23.2 Å². The van der Waals surface area contributed by atoms with E-state index < -0.39 is 0 Å². The molecule has 2 fully saturated rings. The Morgan fingerprint density at radius 3 is 2.64 bits per heavy atom. The van der Waals surface area contributed by atoms with E-state index in [1.54, 1.807) is 34.9 Å². The Labute approximate surface area is 214 Å². The number of nitriles is 1. The van der Waals surface area contributed by atoms with Gasteiger partial charge in [-0.3, -0.25) is 19.7 Å². The van der Waals surface area contributed by atoms with Crippen LogP contribution in [-0.4, -0.2) is 77.6 Å². The third-order valence-electron chi connectivity index (χ3n) is 5.99. The molecule has 2 aliphatic rings. The number of nitrogens with zero attached hydrogens (tertiary/aromatic N) is 5. The van der Waals surface area contributed by atoms with E-state index in [9.17, 15) is 14.4 Å². The Kier molecular flexibility index (Phi) is 13.1. The summed E-state index contributed by atoms with van der Waals surface area (Å²) in [5.41, 5.74) is 7.22. The van der Waals surface area contributed by atoms with Crippen LogP contribution in [0.2, 0.25) is 0 Å². The van der Waals surface area contributed by atoms with E-state index in [1.807, 2.05) is 31.2 Å². The molecule has 3 amide bonds. The number of hydrogen-bond donors (Lipinski definition) is 2. The number of terminal acetylenes is 1. The fourth-order valence-electron chi connectivity index (χ4n) is 3.93. The lowest BCUT2D eigenvalue weighted by Gasteiger charge is -2.25. The van der Waals surface area contributed by atoms with Crippen molar-refractivity contribution in [1.29, 1.82) is 5.26 Å². The average molecular weight is 496 g/mol. The van der Waals surface area contributed by atoms with E-state index in [0.717, 1.165) is 36.9 Å². The van der Waals surface area contributed by atoms with Crippen molar-refractivity contribution in [3.63, 3.8) is 0 Å². The number of benzene rings is 1. The predicted octanol–water partition coefficient (Wildman–Crippen LogP) is 1.73. The van der Waals surface area contributed by atoms with Crippen molar-refractivity contribution < 1.29 is 14.4 Å². The molecular formula is C26H37N7O3. The van der Waals surface area contributed by atoms with Gasteiger partial charge in [0.1, 0.15) is 0 Å². The molecule has 1 aromatic carbocycles. The van der Waals surface area contributed by atoms with E-state index in [-0.39, 0.29) is 36.3 Å². The van der Waals surface area contributed by atoms with Crippen LogP contribution in [0, 0.1) is 31.2 Å². The molecule has 2 heterocycles. The molecule has 2 saturated heterocycles. The van der Waals surface area contributed by atoms with Crippen LogP contribution in [0.5, 0.6) is 0 Å². The summed E-state index contributed by atoms with van der Waals surface area (Å²) in [5.74, 6) is 0.229. The highest BCUT2D eigenvalue weighted by Gasteiger charge is 2.31. The maximum atomic E-state index is 12.3. The number of likely N-dealkylation sites (tertiary alicyclic amines) is 2. The van der Waals surface area contributed by atoms with Crippen LogP contribution < -0.4 is 11.1 Å². The number of rotatable bonds is 4. The SMILES string of the molecule is C#C.CC(=O)N(C)C1CCN(C(=O)CN2CCCCCC2=O)C1.Cc1cccc(N=C(N)NC#N)c1. The molecule has 10 heteroatoms. The number of nitrogens with one attached hydrogen (secondary N) is 1. The minimum atomic E-state index is 0.00435. The fourth-order valence-corrected chi connectivity index (χ4v) is 3.93. The standard InChI is InChI=1S/C15H25N3O3.C9H10N4.C2H2/c1-12(19)16(2)13-7-9-18(10-13)15(21)11-17-8-5-3-4-6-14(17)20;1-7-3-2-4-8(5-7)13-9(11)12-6-10;1-2/h13H,3-11H2,1-2H3;2-5H,1H3,(H3,11,12,13);1-2H. The molecule has 3 N–H and O–H groups in total. The second kappa shape index (κ2) is 15.8. The van der Waals surface area contributed by atoms with Crippen LogP contribution in [0.3, 0.4) is 0 Å². The molecule has 0 aromatic heterocycles. The summed E-state index contributed by atoms with van der Waals surface area (Å²) in [4.78, 5) is 44.8. The lowest BCUT2D eigenvalue weighted by Crippen LogP contribution is -2.43. The summed E-state index contributed by atoms with van der Waals surface area (Å²) in [6, 6.07) is 7.65. The predicted molar refractivity (Wildman–Crippen MR) is 140 cm³/mol. The van der Waals surface area contributed by atoms with Gasteiger partial charge in [0.15, 0.2) is 6.19 Å². The summed E-state index contributed by atoms with van der Waals surface area (Å²) in [5, 5.41) is 10.5. The molecule has 1 aromatic rings. The Hall–Kier alpha value is -4.05. The monoisotopic (exact) mass is 495 g/mol. The number of carbonyl (C=O) groups excluding carboxylic acids is 3. The first kappa shape index (κ1) is 30.0. The largest absolute Gasteiger partial charge is 0.369 e. The molecule has 1 unspecified atom stereocenters. The number of carbonyl (C=O) groups is 3. The zero-order chi connectivity index (χ0) is 27.1. The highest BCUT2D eigenvalue weighted by molar-refractivity contribution is 5.85. The zero-order valence-electron chi connectivity index (χ0n) is 21.4. The molecule has 10 nitrogen and oxygen atoms in total.